The maximum atomic E-state index is 13.0. The summed E-state index contributed by atoms with van der Waals surface area (Å²) in [4.78, 5) is 11.7. The number of allylic oxidation sites excluding steroid dienone is 2. The Morgan fingerprint density at radius 2 is 1.84 bits per heavy atom. The van der Waals surface area contributed by atoms with Crippen LogP contribution in [-0.4, -0.2) is 41.6 Å². The molecule has 7 heteroatoms. The minimum atomic E-state index is -3.88. The molecule has 1 saturated heterocycles. The lowest BCUT2D eigenvalue weighted by molar-refractivity contribution is -0.139. The summed E-state index contributed by atoms with van der Waals surface area (Å²) in [7, 11) is -3.88. The highest BCUT2D eigenvalue weighted by molar-refractivity contribution is 9.10. The lowest BCUT2D eigenvalue weighted by atomic mass is 9.89. The summed E-state index contributed by atoms with van der Waals surface area (Å²) >= 11 is 3.50. The molecule has 3 rings (SSSR count). The van der Waals surface area contributed by atoms with Gasteiger partial charge in [0.05, 0.1) is 0 Å². The molecule has 1 fully saturated rings. The number of halogens is 1. The van der Waals surface area contributed by atoms with Gasteiger partial charge in [-0.25, -0.2) is 12.7 Å². The fourth-order valence-corrected chi connectivity index (χ4v) is 5.99. The van der Waals surface area contributed by atoms with E-state index < -0.39 is 20.7 Å². The molecule has 1 aromatic carbocycles. The fraction of sp³-hybridized carbons (Fsp3) is 0.500. The Kier molecular flexibility index (Phi) is 5.10. The molecule has 25 heavy (non-hydrogen) atoms. The summed E-state index contributed by atoms with van der Waals surface area (Å²) in [5, 5.41) is 9.57. The summed E-state index contributed by atoms with van der Waals surface area (Å²) in [6.07, 6.45) is 4.84. The number of sulfonamides is 1. The minimum absolute atomic E-state index is 0.0521. The molecule has 1 N–H and O–H groups in total. The van der Waals surface area contributed by atoms with Crippen molar-refractivity contribution >= 4 is 31.9 Å². The Morgan fingerprint density at radius 1 is 1.24 bits per heavy atom. The first kappa shape index (κ1) is 18.6. The van der Waals surface area contributed by atoms with Gasteiger partial charge in [-0.3, -0.25) is 4.79 Å². The van der Waals surface area contributed by atoms with Crippen molar-refractivity contribution in [3.05, 3.63) is 46.0 Å². The molecule has 0 spiro atoms. The Bertz CT molecular complexity index is 802. The average molecular weight is 428 g/mol. The number of hydrogen-bond donors (Lipinski definition) is 1. The van der Waals surface area contributed by atoms with Gasteiger partial charge in [-0.1, -0.05) is 40.2 Å². The van der Waals surface area contributed by atoms with E-state index in [0.717, 1.165) is 10.0 Å². The second kappa shape index (κ2) is 6.85. The highest BCUT2D eigenvalue weighted by Crippen LogP contribution is 2.38. The van der Waals surface area contributed by atoms with Gasteiger partial charge in [0.25, 0.3) is 0 Å². The summed E-state index contributed by atoms with van der Waals surface area (Å²) in [6, 6.07) is 6.24. The maximum Gasteiger partial charge on any atom is 0.327 e. The fourth-order valence-electron chi connectivity index (χ4n) is 3.72. The van der Waals surface area contributed by atoms with Crippen LogP contribution in [0.25, 0.3) is 0 Å². The van der Waals surface area contributed by atoms with Crippen molar-refractivity contribution in [3.63, 3.8) is 0 Å². The molecule has 2 aliphatic rings. The highest BCUT2D eigenvalue weighted by atomic mass is 79.9. The van der Waals surface area contributed by atoms with Crippen LogP contribution in [0.2, 0.25) is 0 Å². The lowest BCUT2D eigenvalue weighted by Gasteiger charge is -2.36. The van der Waals surface area contributed by atoms with E-state index in [1.807, 2.05) is 13.0 Å². The third-order valence-electron chi connectivity index (χ3n) is 5.39. The maximum absolute atomic E-state index is 13.0. The smallest absolute Gasteiger partial charge is 0.327 e. The van der Waals surface area contributed by atoms with Gasteiger partial charge < -0.3 is 5.11 Å². The van der Waals surface area contributed by atoms with Crippen molar-refractivity contribution in [1.82, 2.24) is 4.31 Å². The molecule has 0 amide bonds. The lowest BCUT2D eigenvalue weighted by Crippen LogP contribution is -2.53. The first-order chi connectivity index (χ1) is 11.8. The Labute approximate surface area is 156 Å². The SMILES string of the molecule is Cc1cc(C2CCN(S(=O)(=O)C3(C(=O)O)CC=CC3)CC2)ccc1Br. The van der Waals surface area contributed by atoms with Gasteiger partial charge in [0, 0.05) is 17.6 Å². The number of rotatable bonds is 4. The van der Waals surface area contributed by atoms with E-state index >= 15 is 0 Å². The van der Waals surface area contributed by atoms with Crippen molar-refractivity contribution in [2.24, 2.45) is 0 Å². The number of carbonyl (C=O) groups is 1. The van der Waals surface area contributed by atoms with E-state index in [2.05, 4.69) is 28.1 Å². The quantitative estimate of drug-likeness (QED) is 0.746. The topological polar surface area (TPSA) is 74.7 Å². The normalized spacial score (nSPS) is 21.5. The zero-order valence-electron chi connectivity index (χ0n) is 14.1. The van der Waals surface area contributed by atoms with Gasteiger partial charge in [0.2, 0.25) is 10.0 Å². The van der Waals surface area contributed by atoms with Crippen molar-refractivity contribution < 1.29 is 18.3 Å². The average Bonchev–Trinajstić information content (AvgIpc) is 3.09. The van der Waals surface area contributed by atoms with E-state index in [-0.39, 0.29) is 12.8 Å². The zero-order valence-corrected chi connectivity index (χ0v) is 16.5. The number of piperidine rings is 1. The molecule has 0 unspecified atom stereocenters. The van der Waals surface area contributed by atoms with Crippen LogP contribution in [0.1, 0.15) is 42.7 Å². The molecule has 1 heterocycles. The molecule has 1 aliphatic heterocycles. The number of benzene rings is 1. The minimum Gasteiger partial charge on any atom is -0.480 e. The van der Waals surface area contributed by atoms with Crippen molar-refractivity contribution in [1.29, 1.82) is 0 Å². The predicted molar refractivity (Wildman–Crippen MR) is 100 cm³/mol. The van der Waals surface area contributed by atoms with E-state index in [4.69, 9.17) is 0 Å². The van der Waals surface area contributed by atoms with Crippen LogP contribution in [0.3, 0.4) is 0 Å². The number of nitrogens with zero attached hydrogens (tertiary/aromatic N) is 1. The highest BCUT2D eigenvalue weighted by Gasteiger charge is 2.54. The largest absolute Gasteiger partial charge is 0.480 e. The van der Waals surface area contributed by atoms with Crippen molar-refractivity contribution in [2.45, 2.75) is 43.3 Å². The van der Waals surface area contributed by atoms with E-state index in [1.165, 1.54) is 9.87 Å². The van der Waals surface area contributed by atoms with E-state index in [0.29, 0.717) is 31.8 Å². The molecular weight excluding hydrogens is 406 g/mol. The number of hydrogen-bond acceptors (Lipinski definition) is 3. The molecule has 136 valence electrons. The van der Waals surface area contributed by atoms with Gasteiger partial charge in [0.1, 0.15) is 0 Å². The van der Waals surface area contributed by atoms with E-state index in [1.54, 1.807) is 12.2 Å². The second-order valence-corrected chi connectivity index (χ2v) is 9.97. The van der Waals surface area contributed by atoms with Gasteiger partial charge in [0.15, 0.2) is 4.75 Å². The molecule has 0 atom stereocenters. The monoisotopic (exact) mass is 427 g/mol. The Balaban J connectivity index is 1.75. The van der Waals surface area contributed by atoms with Crippen molar-refractivity contribution in [3.8, 4) is 0 Å². The first-order valence-corrected chi connectivity index (χ1v) is 10.7. The molecule has 0 saturated carbocycles. The number of aryl methyl sites for hydroxylation is 1. The van der Waals surface area contributed by atoms with Crippen LogP contribution in [-0.2, 0) is 14.8 Å². The van der Waals surface area contributed by atoms with Crippen LogP contribution >= 0.6 is 15.9 Å². The molecule has 0 bridgehead atoms. The van der Waals surface area contributed by atoms with Gasteiger partial charge in [-0.15, -0.1) is 0 Å². The zero-order chi connectivity index (χ0) is 18.2. The van der Waals surface area contributed by atoms with Crippen LogP contribution in [0.5, 0.6) is 0 Å². The summed E-state index contributed by atoms with van der Waals surface area (Å²) in [6.45, 7) is 2.78. The summed E-state index contributed by atoms with van der Waals surface area (Å²) in [5.41, 5.74) is 2.38. The Hall–Kier alpha value is -1.18. The van der Waals surface area contributed by atoms with Crippen LogP contribution in [0.15, 0.2) is 34.8 Å². The van der Waals surface area contributed by atoms with Crippen LogP contribution in [0, 0.1) is 6.92 Å². The van der Waals surface area contributed by atoms with Gasteiger partial charge in [-0.05, 0) is 55.7 Å². The van der Waals surface area contributed by atoms with Crippen molar-refractivity contribution in [2.75, 3.05) is 13.1 Å². The van der Waals surface area contributed by atoms with Crippen LogP contribution < -0.4 is 0 Å². The first-order valence-electron chi connectivity index (χ1n) is 8.42. The molecule has 0 radical (unpaired) electrons. The second-order valence-electron chi connectivity index (χ2n) is 6.87. The van der Waals surface area contributed by atoms with Crippen LogP contribution in [0.4, 0.5) is 0 Å². The summed E-state index contributed by atoms with van der Waals surface area (Å²) < 4.78 is 26.7. The molecule has 1 aromatic rings. The molecule has 5 nitrogen and oxygen atoms in total. The third-order valence-corrected chi connectivity index (χ3v) is 8.82. The predicted octanol–water partition coefficient (Wildman–Crippen LogP) is 3.44. The standard InChI is InChI=1S/C18H22BrNO4S/c1-13-12-15(4-5-16(13)19)14-6-10-20(11-7-14)25(23,24)18(17(21)22)8-2-3-9-18/h2-5,12,14H,6-11H2,1H3,(H,21,22). The molecule has 0 aromatic heterocycles. The molecular formula is C18H22BrNO4S. The number of carboxylic acids is 1. The van der Waals surface area contributed by atoms with E-state index in [9.17, 15) is 18.3 Å². The number of carboxylic acid groups (broad SMARTS) is 1. The molecule has 1 aliphatic carbocycles. The van der Waals surface area contributed by atoms with Gasteiger partial charge in [-0.2, -0.15) is 0 Å². The van der Waals surface area contributed by atoms with Gasteiger partial charge >= 0.3 is 5.97 Å². The third kappa shape index (κ3) is 3.17. The Morgan fingerprint density at radius 3 is 2.36 bits per heavy atom. The summed E-state index contributed by atoms with van der Waals surface area (Å²) in [5.74, 6) is -0.941. The number of aliphatic carboxylic acids is 1.